The molecule has 100 valence electrons. The molecule has 3 heteroatoms. The molecule has 0 bridgehead atoms. The molecule has 18 heavy (non-hydrogen) atoms. The van der Waals surface area contributed by atoms with E-state index in [4.69, 9.17) is 17.3 Å². The number of halogens is 2. The minimum atomic E-state index is -0.303. The van der Waals surface area contributed by atoms with E-state index >= 15 is 0 Å². The van der Waals surface area contributed by atoms with Gasteiger partial charge in [0.2, 0.25) is 0 Å². The van der Waals surface area contributed by atoms with Crippen LogP contribution in [0.4, 0.5) is 4.39 Å². The lowest BCUT2D eigenvalue weighted by Gasteiger charge is -2.38. The van der Waals surface area contributed by atoms with Gasteiger partial charge >= 0.3 is 0 Å². The van der Waals surface area contributed by atoms with E-state index in [0.717, 1.165) is 25.7 Å². The minimum Gasteiger partial charge on any atom is -0.325 e. The smallest absolute Gasteiger partial charge is 0.145 e. The van der Waals surface area contributed by atoms with Gasteiger partial charge in [0.25, 0.3) is 0 Å². The van der Waals surface area contributed by atoms with Crippen molar-refractivity contribution in [2.24, 2.45) is 11.7 Å². The fraction of sp³-hybridized carbons (Fsp3) is 0.600. The van der Waals surface area contributed by atoms with Gasteiger partial charge in [0.05, 0.1) is 5.02 Å². The molecule has 1 nitrogen and oxygen atoms in total. The molecular weight excluding hydrogens is 249 g/mol. The Morgan fingerprint density at radius 3 is 3.00 bits per heavy atom. The van der Waals surface area contributed by atoms with Crippen LogP contribution in [0.1, 0.15) is 44.6 Å². The first-order valence-corrected chi connectivity index (χ1v) is 7.13. The fourth-order valence-electron chi connectivity index (χ4n) is 3.10. The van der Waals surface area contributed by atoms with Crippen LogP contribution < -0.4 is 5.73 Å². The standard InChI is InChI=1S/C15H21ClFN/c1-2-11-5-4-8-15(18,9-11)10-12-6-3-7-13(16)14(12)17/h3,6-7,11H,2,4-5,8-10,18H2,1H3. The number of hydrogen-bond acceptors (Lipinski definition) is 1. The van der Waals surface area contributed by atoms with Crippen LogP contribution in [0.5, 0.6) is 0 Å². The fourth-order valence-corrected chi connectivity index (χ4v) is 3.29. The second kappa shape index (κ2) is 5.58. The predicted octanol–water partition coefficient (Wildman–Crippen LogP) is 4.32. The van der Waals surface area contributed by atoms with Gasteiger partial charge in [0.1, 0.15) is 5.82 Å². The Hall–Kier alpha value is -0.600. The lowest BCUT2D eigenvalue weighted by Crippen LogP contribution is -2.46. The van der Waals surface area contributed by atoms with Crippen LogP contribution in [0, 0.1) is 11.7 Å². The third-order valence-electron chi connectivity index (χ3n) is 4.13. The summed E-state index contributed by atoms with van der Waals surface area (Å²) < 4.78 is 13.9. The van der Waals surface area contributed by atoms with E-state index in [-0.39, 0.29) is 16.4 Å². The Morgan fingerprint density at radius 1 is 1.50 bits per heavy atom. The third-order valence-corrected chi connectivity index (χ3v) is 4.43. The highest BCUT2D eigenvalue weighted by molar-refractivity contribution is 6.30. The third kappa shape index (κ3) is 3.04. The molecule has 1 aromatic rings. The van der Waals surface area contributed by atoms with Crippen molar-refractivity contribution in [2.45, 2.75) is 51.0 Å². The predicted molar refractivity (Wildman–Crippen MR) is 74.3 cm³/mol. The van der Waals surface area contributed by atoms with E-state index in [0.29, 0.717) is 17.9 Å². The van der Waals surface area contributed by atoms with E-state index in [2.05, 4.69) is 6.92 Å². The molecule has 0 heterocycles. The molecule has 2 N–H and O–H groups in total. The molecule has 2 atom stereocenters. The summed E-state index contributed by atoms with van der Waals surface area (Å²) >= 11 is 5.82. The Morgan fingerprint density at radius 2 is 2.28 bits per heavy atom. The summed E-state index contributed by atoms with van der Waals surface area (Å²) in [7, 11) is 0. The van der Waals surface area contributed by atoms with Crippen LogP contribution >= 0.6 is 11.6 Å². The summed E-state index contributed by atoms with van der Waals surface area (Å²) in [5.74, 6) is 0.383. The molecule has 1 fully saturated rings. The highest BCUT2D eigenvalue weighted by Gasteiger charge is 2.32. The van der Waals surface area contributed by atoms with Crippen molar-refractivity contribution in [3.05, 3.63) is 34.6 Å². The van der Waals surface area contributed by atoms with Crippen molar-refractivity contribution in [3.8, 4) is 0 Å². The maximum atomic E-state index is 13.9. The largest absolute Gasteiger partial charge is 0.325 e. The first-order chi connectivity index (χ1) is 8.54. The summed E-state index contributed by atoms with van der Waals surface area (Å²) in [6.45, 7) is 2.20. The van der Waals surface area contributed by atoms with Gasteiger partial charge in [-0.25, -0.2) is 4.39 Å². The number of rotatable bonds is 3. The summed E-state index contributed by atoms with van der Waals surface area (Å²) in [5, 5.41) is 0.193. The van der Waals surface area contributed by atoms with Gasteiger partial charge < -0.3 is 5.73 Å². The maximum Gasteiger partial charge on any atom is 0.145 e. The Labute approximate surface area is 114 Å². The van der Waals surface area contributed by atoms with Crippen molar-refractivity contribution < 1.29 is 4.39 Å². The zero-order valence-corrected chi connectivity index (χ0v) is 11.6. The molecule has 0 aromatic heterocycles. The van der Waals surface area contributed by atoms with Gasteiger partial charge in [-0.2, -0.15) is 0 Å². The van der Waals surface area contributed by atoms with Crippen molar-refractivity contribution >= 4 is 11.6 Å². The van der Waals surface area contributed by atoms with Crippen molar-refractivity contribution in [3.63, 3.8) is 0 Å². The Balaban J connectivity index is 2.14. The molecule has 1 aromatic carbocycles. The van der Waals surface area contributed by atoms with Gasteiger partial charge in [-0.05, 0) is 36.8 Å². The van der Waals surface area contributed by atoms with Crippen LogP contribution in [-0.2, 0) is 6.42 Å². The van der Waals surface area contributed by atoms with Crippen LogP contribution in [0.15, 0.2) is 18.2 Å². The van der Waals surface area contributed by atoms with Gasteiger partial charge in [-0.1, -0.05) is 49.9 Å². The van der Waals surface area contributed by atoms with E-state index in [1.807, 2.05) is 0 Å². The van der Waals surface area contributed by atoms with Crippen molar-refractivity contribution in [2.75, 3.05) is 0 Å². The lowest BCUT2D eigenvalue weighted by atomic mass is 9.72. The first-order valence-electron chi connectivity index (χ1n) is 6.76. The molecule has 0 radical (unpaired) electrons. The zero-order valence-electron chi connectivity index (χ0n) is 10.9. The molecule has 0 spiro atoms. The van der Waals surface area contributed by atoms with E-state index < -0.39 is 0 Å². The van der Waals surface area contributed by atoms with E-state index in [9.17, 15) is 4.39 Å². The molecule has 1 saturated carbocycles. The summed E-state index contributed by atoms with van der Waals surface area (Å²) in [6, 6.07) is 5.18. The second-order valence-electron chi connectivity index (χ2n) is 5.62. The van der Waals surface area contributed by atoms with Crippen LogP contribution in [-0.4, -0.2) is 5.54 Å². The van der Waals surface area contributed by atoms with Gasteiger partial charge in [-0.3, -0.25) is 0 Å². The van der Waals surface area contributed by atoms with E-state index in [1.54, 1.807) is 18.2 Å². The topological polar surface area (TPSA) is 26.0 Å². The Kier molecular flexibility index (Phi) is 4.29. The average molecular weight is 270 g/mol. The second-order valence-corrected chi connectivity index (χ2v) is 6.03. The van der Waals surface area contributed by atoms with Crippen molar-refractivity contribution in [1.82, 2.24) is 0 Å². The molecule has 0 amide bonds. The molecule has 2 rings (SSSR count). The van der Waals surface area contributed by atoms with Gasteiger partial charge in [-0.15, -0.1) is 0 Å². The van der Waals surface area contributed by atoms with E-state index in [1.165, 1.54) is 6.42 Å². The monoisotopic (exact) mass is 269 g/mol. The van der Waals surface area contributed by atoms with Crippen LogP contribution in [0.3, 0.4) is 0 Å². The van der Waals surface area contributed by atoms with Crippen LogP contribution in [0.25, 0.3) is 0 Å². The summed E-state index contributed by atoms with van der Waals surface area (Å²) in [5.41, 5.74) is 6.86. The molecule has 2 unspecified atom stereocenters. The maximum absolute atomic E-state index is 13.9. The Bertz CT molecular complexity index is 421. The molecular formula is C15H21ClFN. The lowest BCUT2D eigenvalue weighted by molar-refractivity contribution is 0.217. The molecule has 0 aliphatic heterocycles. The normalized spacial score (nSPS) is 28.3. The minimum absolute atomic E-state index is 0.193. The SMILES string of the molecule is CCC1CCCC(N)(Cc2cccc(Cl)c2F)C1. The molecule has 0 saturated heterocycles. The number of benzene rings is 1. The number of nitrogens with two attached hydrogens (primary N) is 1. The van der Waals surface area contributed by atoms with Crippen LogP contribution in [0.2, 0.25) is 5.02 Å². The zero-order chi connectivity index (χ0) is 13.2. The highest BCUT2D eigenvalue weighted by Crippen LogP contribution is 2.35. The summed E-state index contributed by atoms with van der Waals surface area (Å²) in [4.78, 5) is 0. The molecule has 1 aliphatic rings. The van der Waals surface area contributed by atoms with Crippen molar-refractivity contribution in [1.29, 1.82) is 0 Å². The first kappa shape index (κ1) is 13.8. The van der Waals surface area contributed by atoms with Gasteiger partial charge in [0, 0.05) is 5.54 Å². The highest BCUT2D eigenvalue weighted by atomic mass is 35.5. The molecule has 1 aliphatic carbocycles. The quantitative estimate of drug-likeness (QED) is 0.869. The average Bonchev–Trinajstić information content (AvgIpc) is 2.35. The number of hydrogen-bond donors (Lipinski definition) is 1. The summed E-state index contributed by atoms with van der Waals surface area (Å²) in [6.07, 6.45) is 6.14. The van der Waals surface area contributed by atoms with Gasteiger partial charge in [0.15, 0.2) is 0 Å².